The Morgan fingerprint density at radius 1 is 1.03 bits per heavy atom. The van der Waals surface area contributed by atoms with Crippen LogP contribution in [0.3, 0.4) is 0 Å². The molecule has 2 heterocycles. The average Bonchev–Trinajstić information content (AvgIpc) is 3.32. The molecule has 4 amide bonds. The van der Waals surface area contributed by atoms with E-state index in [1.54, 1.807) is 23.3 Å². The fraction of sp³-hybridized carbons (Fsp3) is 0.409. The topological polar surface area (TPSA) is 82.9 Å². The first kappa shape index (κ1) is 19.2. The Labute approximate surface area is 169 Å². The predicted molar refractivity (Wildman–Crippen MR) is 105 cm³/mol. The number of furan rings is 1. The highest BCUT2D eigenvalue weighted by Crippen LogP contribution is 2.33. The van der Waals surface area contributed by atoms with Gasteiger partial charge in [0.05, 0.1) is 12.8 Å². The first-order chi connectivity index (χ1) is 14.1. The van der Waals surface area contributed by atoms with Gasteiger partial charge in [0.1, 0.15) is 17.8 Å². The van der Waals surface area contributed by atoms with Gasteiger partial charge in [-0.1, -0.05) is 49.6 Å². The summed E-state index contributed by atoms with van der Waals surface area (Å²) in [6.45, 7) is 0.380. The van der Waals surface area contributed by atoms with E-state index in [-0.39, 0.29) is 24.9 Å². The van der Waals surface area contributed by atoms with Crippen molar-refractivity contribution < 1.29 is 18.8 Å². The second-order valence-corrected chi connectivity index (χ2v) is 7.78. The van der Waals surface area contributed by atoms with Crippen LogP contribution in [0.15, 0.2) is 53.1 Å². The summed E-state index contributed by atoms with van der Waals surface area (Å²) in [5, 5.41) is 2.86. The number of nitrogens with zero attached hydrogens (tertiary/aromatic N) is 2. The molecule has 0 unspecified atom stereocenters. The van der Waals surface area contributed by atoms with Gasteiger partial charge in [0.15, 0.2) is 0 Å². The van der Waals surface area contributed by atoms with E-state index in [0.717, 1.165) is 29.7 Å². The number of amides is 4. The molecule has 7 nitrogen and oxygen atoms in total. The molecule has 29 heavy (non-hydrogen) atoms. The van der Waals surface area contributed by atoms with E-state index in [1.165, 1.54) is 0 Å². The number of nitrogens with one attached hydrogen (secondary N) is 1. The lowest BCUT2D eigenvalue weighted by molar-refractivity contribution is -0.140. The molecule has 1 spiro atoms. The van der Waals surface area contributed by atoms with Crippen molar-refractivity contribution in [3.63, 3.8) is 0 Å². The van der Waals surface area contributed by atoms with Crippen LogP contribution in [-0.4, -0.2) is 39.7 Å². The van der Waals surface area contributed by atoms with Crippen molar-refractivity contribution in [2.75, 3.05) is 6.54 Å². The molecule has 4 rings (SSSR count). The van der Waals surface area contributed by atoms with Gasteiger partial charge in [-0.05, 0) is 30.5 Å². The third-order valence-electron chi connectivity index (χ3n) is 5.74. The van der Waals surface area contributed by atoms with Crippen LogP contribution in [0.1, 0.15) is 43.4 Å². The van der Waals surface area contributed by atoms with Crippen molar-refractivity contribution >= 4 is 17.8 Å². The Hall–Kier alpha value is -3.09. The summed E-state index contributed by atoms with van der Waals surface area (Å²) < 4.78 is 5.40. The standard InChI is InChI=1S/C22H25N3O4/c26-19(16-25-20(27)22(23-21(25)28)11-5-2-6-12-22)24(15-18-10-7-13-29-18)14-17-8-3-1-4-9-17/h1,3-4,7-10,13H,2,5-6,11-12,14-16H2,(H,23,28). The van der Waals surface area contributed by atoms with Crippen molar-refractivity contribution in [3.05, 3.63) is 60.1 Å². The number of urea groups is 1. The van der Waals surface area contributed by atoms with Gasteiger partial charge in [-0.2, -0.15) is 0 Å². The summed E-state index contributed by atoms with van der Waals surface area (Å²) in [5.74, 6) is 0.0880. The average molecular weight is 395 g/mol. The van der Waals surface area contributed by atoms with Crippen molar-refractivity contribution in [1.82, 2.24) is 15.1 Å². The minimum atomic E-state index is -0.819. The van der Waals surface area contributed by atoms with Crippen LogP contribution in [0.2, 0.25) is 0 Å². The summed E-state index contributed by atoms with van der Waals surface area (Å²) in [6.07, 6.45) is 5.73. The van der Waals surface area contributed by atoms with E-state index in [2.05, 4.69) is 5.32 Å². The molecule has 2 aliphatic rings. The van der Waals surface area contributed by atoms with Crippen LogP contribution < -0.4 is 5.32 Å². The summed E-state index contributed by atoms with van der Waals surface area (Å²) in [4.78, 5) is 41.3. The largest absolute Gasteiger partial charge is 0.467 e. The van der Waals surface area contributed by atoms with Crippen molar-refractivity contribution in [3.8, 4) is 0 Å². The Morgan fingerprint density at radius 2 is 1.79 bits per heavy atom. The second kappa shape index (κ2) is 8.11. The quantitative estimate of drug-likeness (QED) is 0.762. The Balaban J connectivity index is 1.49. The molecule has 1 saturated carbocycles. The van der Waals surface area contributed by atoms with Gasteiger partial charge >= 0.3 is 6.03 Å². The molecule has 1 aromatic carbocycles. The summed E-state index contributed by atoms with van der Waals surface area (Å²) >= 11 is 0. The molecule has 1 N–H and O–H groups in total. The molecule has 1 aromatic heterocycles. The van der Waals surface area contributed by atoms with Crippen LogP contribution in [0.4, 0.5) is 4.79 Å². The van der Waals surface area contributed by atoms with Gasteiger partial charge in [0, 0.05) is 6.54 Å². The third kappa shape index (κ3) is 4.04. The number of imide groups is 1. The zero-order chi connectivity index (χ0) is 20.3. The predicted octanol–water partition coefficient (Wildman–Crippen LogP) is 3.06. The maximum atomic E-state index is 13.1. The minimum absolute atomic E-state index is 0.264. The molecule has 2 fully saturated rings. The van der Waals surface area contributed by atoms with Crippen LogP contribution in [0, 0.1) is 0 Å². The van der Waals surface area contributed by atoms with E-state index in [4.69, 9.17) is 4.42 Å². The fourth-order valence-electron chi connectivity index (χ4n) is 4.18. The number of carbonyl (C=O) groups excluding carboxylic acids is 3. The number of carbonyl (C=O) groups is 3. The van der Waals surface area contributed by atoms with Crippen LogP contribution >= 0.6 is 0 Å². The number of rotatable bonds is 6. The second-order valence-electron chi connectivity index (χ2n) is 7.78. The maximum Gasteiger partial charge on any atom is 0.325 e. The SMILES string of the molecule is O=C(CN1C(=O)NC2(CCCCC2)C1=O)N(Cc1ccccc1)Cc1ccco1. The molecule has 0 atom stereocenters. The van der Waals surface area contributed by atoms with Crippen molar-refractivity contribution in [2.45, 2.75) is 50.7 Å². The highest BCUT2D eigenvalue weighted by Gasteiger charge is 2.51. The highest BCUT2D eigenvalue weighted by molar-refractivity contribution is 6.09. The van der Waals surface area contributed by atoms with Gasteiger partial charge < -0.3 is 14.6 Å². The molecule has 152 valence electrons. The molecular formula is C22H25N3O4. The molecular weight excluding hydrogens is 370 g/mol. The zero-order valence-electron chi connectivity index (χ0n) is 16.3. The molecule has 7 heteroatoms. The smallest absolute Gasteiger partial charge is 0.325 e. The van der Waals surface area contributed by atoms with Crippen molar-refractivity contribution in [1.29, 1.82) is 0 Å². The Bertz CT molecular complexity index is 873. The number of hydrogen-bond donors (Lipinski definition) is 1. The van der Waals surface area contributed by atoms with Gasteiger partial charge in [-0.3, -0.25) is 14.5 Å². The summed E-state index contributed by atoms with van der Waals surface area (Å²) in [5.41, 5.74) is 0.148. The third-order valence-corrected chi connectivity index (χ3v) is 5.74. The van der Waals surface area contributed by atoms with Gasteiger partial charge in [0.2, 0.25) is 5.91 Å². The molecule has 1 aliphatic heterocycles. The maximum absolute atomic E-state index is 13.1. The van der Waals surface area contributed by atoms with E-state index in [9.17, 15) is 14.4 Å². The Kier molecular flexibility index (Phi) is 5.38. The lowest BCUT2D eigenvalue weighted by Crippen LogP contribution is -2.49. The lowest BCUT2D eigenvalue weighted by atomic mass is 9.82. The molecule has 1 saturated heterocycles. The zero-order valence-corrected chi connectivity index (χ0v) is 16.3. The first-order valence-electron chi connectivity index (χ1n) is 10.1. The highest BCUT2D eigenvalue weighted by atomic mass is 16.3. The monoisotopic (exact) mass is 395 g/mol. The van der Waals surface area contributed by atoms with Gasteiger partial charge in [-0.25, -0.2) is 4.79 Å². The Morgan fingerprint density at radius 3 is 2.48 bits per heavy atom. The number of hydrogen-bond acceptors (Lipinski definition) is 4. The van der Waals surface area contributed by atoms with E-state index >= 15 is 0 Å². The lowest BCUT2D eigenvalue weighted by Gasteiger charge is -2.30. The van der Waals surface area contributed by atoms with Crippen LogP contribution in [0.5, 0.6) is 0 Å². The summed E-state index contributed by atoms with van der Waals surface area (Å²) in [7, 11) is 0. The molecule has 1 aliphatic carbocycles. The van der Waals surface area contributed by atoms with Gasteiger partial charge in [0.25, 0.3) is 5.91 Å². The normalized spacial score (nSPS) is 18.1. The first-order valence-corrected chi connectivity index (χ1v) is 10.1. The fourth-order valence-corrected chi connectivity index (χ4v) is 4.18. The molecule has 2 aromatic rings. The minimum Gasteiger partial charge on any atom is -0.467 e. The van der Waals surface area contributed by atoms with E-state index in [1.807, 2.05) is 30.3 Å². The van der Waals surface area contributed by atoms with Gasteiger partial charge in [-0.15, -0.1) is 0 Å². The van der Waals surface area contributed by atoms with E-state index < -0.39 is 11.6 Å². The van der Waals surface area contributed by atoms with E-state index in [0.29, 0.717) is 25.1 Å². The molecule has 0 bridgehead atoms. The number of benzene rings is 1. The van der Waals surface area contributed by atoms with Crippen LogP contribution in [0.25, 0.3) is 0 Å². The summed E-state index contributed by atoms with van der Waals surface area (Å²) in [6, 6.07) is 12.7. The van der Waals surface area contributed by atoms with Crippen LogP contribution in [-0.2, 0) is 22.7 Å². The van der Waals surface area contributed by atoms with Crippen molar-refractivity contribution in [2.24, 2.45) is 0 Å². The molecule has 0 radical (unpaired) electrons.